The van der Waals surface area contributed by atoms with E-state index in [1.807, 2.05) is 7.11 Å². The number of piperazine rings is 1. The molecule has 212 valence electrons. The van der Waals surface area contributed by atoms with Gasteiger partial charge in [0.15, 0.2) is 0 Å². The first kappa shape index (κ1) is 27.8. The van der Waals surface area contributed by atoms with Crippen LogP contribution >= 0.6 is 0 Å². The minimum Gasteiger partial charge on any atom is -0.380 e. The maximum Gasteiger partial charge on any atom is 0.225 e. The molecular formula is C29H54N6O2. The zero-order chi connectivity index (χ0) is 25.9. The van der Waals surface area contributed by atoms with Crippen molar-refractivity contribution in [3.05, 3.63) is 0 Å². The van der Waals surface area contributed by atoms with Crippen molar-refractivity contribution in [2.45, 2.75) is 114 Å². The lowest BCUT2D eigenvalue weighted by molar-refractivity contribution is -0.136. The van der Waals surface area contributed by atoms with Crippen LogP contribution in [0.5, 0.6) is 0 Å². The molecule has 0 spiro atoms. The lowest BCUT2D eigenvalue weighted by Crippen LogP contribution is -2.62. The van der Waals surface area contributed by atoms with Crippen molar-refractivity contribution in [2.24, 2.45) is 11.8 Å². The van der Waals surface area contributed by atoms with Crippen molar-refractivity contribution in [2.75, 3.05) is 53.4 Å². The second-order valence-electron chi connectivity index (χ2n) is 13.0. The van der Waals surface area contributed by atoms with Gasteiger partial charge in [0.05, 0.1) is 12.3 Å². The molecule has 5 aliphatic rings. The molecule has 0 aromatic rings. The Morgan fingerprint density at radius 2 is 1.73 bits per heavy atom. The van der Waals surface area contributed by atoms with Crippen LogP contribution in [0, 0.1) is 11.8 Å². The number of likely N-dealkylation sites (tertiary alicyclic amines) is 1. The molecule has 2 aliphatic carbocycles. The Kier molecular flexibility index (Phi) is 9.46. The highest BCUT2D eigenvalue weighted by Gasteiger charge is 2.45. The van der Waals surface area contributed by atoms with E-state index in [9.17, 15) is 4.79 Å². The lowest BCUT2D eigenvalue weighted by Gasteiger charge is -2.46. The highest BCUT2D eigenvalue weighted by atomic mass is 16.5. The van der Waals surface area contributed by atoms with Crippen LogP contribution < -0.4 is 16.0 Å². The van der Waals surface area contributed by atoms with Crippen LogP contribution in [0.1, 0.15) is 71.6 Å². The molecule has 8 heteroatoms. The van der Waals surface area contributed by atoms with Crippen molar-refractivity contribution in [1.29, 1.82) is 0 Å². The number of hydrogen-bond acceptors (Lipinski definition) is 7. The fraction of sp³-hybridized carbons (Fsp3) is 0.966. The number of rotatable bonds is 7. The van der Waals surface area contributed by atoms with Gasteiger partial charge in [-0.05, 0) is 70.9 Å². The van der Waals surface area contributed by atoms with E-state index in [0.29, 0.717) is 48.2 Å². The first-order valence-corrected chi connectivity index (χ1v) is 15.4. The third-order valence-electron chi connectivity index (χ3n) is 10.3. The molecular weight excluding hydrogens is 464 g/mol. The molecule has 0 bridgehead atoms. The van der Waals surface area contributed by atoms with Gasteiger partial charge in [-0.25, -0.2) is 0 Å². The molecule has 3 aliphatic heterocycles. The molecule has 8 unspecified atom stereocenters. The van der Waals surface area contributed by atoms with Crippen LogP contribution in [0.25, 0.3) is 0 Å². The highest BCUT2D eigenvalue weighted by molar-refractivity contribution is 5.79. The number of hydrogen-bond donors (Lipinski definition) is 3. The molecule has 3 N–H and O–H groups in total. The highest BCUT2D eigenvalue weighted by Crippen LogP contribution is 2.37. The normalized spacial score (nSPS) is 40.2. The maximum absolute atomic E-state index is 13.0. The smallest absolute Gasteiger partial charge is 0.225 e. The molecule has 0 radical (unpaired) electrons. The minimum absolute atomic E-state index is 0.0915. The van der Waals surface area contributed by atoms with Crippen molar-refractivity contribution in [3.63, 3.8) is 0 Å². The first-order valence-electron chi connectivity index (χ1n) is 15.4. The number of nitrogens with one attached hydrogen (secondary N) is 3. The van der Waals surface area contributed by atoms with Gasteiger partial charge in [0.2, 0.25) is 5.91 Å². The summed E-state index contributed by atoms with van der Waals surface area (Å²) in [7, 11) is 4.13. The van der Waals surface area contributed by atoms with Crippen LogP contribution in [0.4, 0.5) is 0 Å². The number of nitrogens with zero attached hydrogens (tertiary/aromatic N) is 3. The first-order chi connectivity index (χ1) is 17.9. The molecule has 0 aromatic carbocycles. The zero-order valence-electron chi connectivity index (χ0n) is 24.0. The Bertz CT molecular complexity index is 744. The van der Waals surface area contributed by atoms with Gasteiger partial charge < -0.3 is 25.2 Å². The Labute approximate surface area is 225 Å². The molecule has 3 heterocycles. The predicted molar refractivity (Wildman–Crippen MR) is 148 cm³/mol. The minimum atomic E-state index is 0.0915. The fourth-order valence-corrected chi connectivity index (χ4v) is 8.12. The van der Waals surface area contributed by atoms with Crippen LogP contribution in [-0.4, -0.2) is 117 Å². The van der Waals surface area contributed by atoms with Crippen LogP contribution in [-0.2, 0) is 9.53 Å². The summed E-state index contributed by atoms with van der Waals surface area (Å²) in [5.41, 5.74) is 0. The lowest BCUT2D eigenvalue weighted by atomic mass is 9.80. The number of methoxy groups -OCH3 is 1. The van der Waals surface area contributed by atoms with Crippen molar-refractivity contribution < 1.29 is 9.53 Å². The number of fused-ring (bicyclic) bond motifs is 1. The summed E-state index contributed by atoms with van der Waals surface area (Å²) in [5.74, 6) is 1.13. The quantitative estimate of drug-likeness (QED) is 0.475. The van der Waals surface area contributed by atoms with Gasteiger partial charge in [-0.2, -0.15) is 0 Å². The maximum atomic E-state index is 13.0. The largest absolute Gasteiger partial charge is 0.380 e. The van der Waals surface area contributed by atoms with Gasteiger partial charge in [-0.3, -0.25) is 15.0 Å². The number of piperidine rings is 1. The average Bonchev–Trinajstić information content (AvgIpc) is 3.34. The molecule has 8 atom stereocenters. The molecule has 37 heavy (non-hydrogen) atoms. The number of amides is 1. The SMILES string of the molecule is COC1CC(N2CCN(C)CC2)CCC1NC1CC(NC2CCCC3CCN(C(=O)C(C)C)C32)CCN1. The summed E-state index contributed by atoms with van der Waals surface area (Å²) in [5, 5.41) is 11.8. The van der Waals surface area contributed by atoms with Crippen molar-refractivity contribution in [1.82, 2.24) is 30.7 Å². The molecule has 2 saturated carbocycles. The number of likely N-dealkylation sites (N-methyl/N-ethyl adjacent to an activating group) is 1. The van der Waals surface area contributed by atoms with Crippen LogP contribution in [0.3, 0.4) is 0 Å². The summed E-state index contributed by atoms with van der Waals surface area (Å²) < 4.78 is 6.06. The third kappa shape index (κ3) is 6.52. The van der Waals surface area contributed by atoms with Crippen LogP contribution in [0.2, 0.25) is 0 Å². The predicted octanol–water partition coefficient (Wildman–Crippen LogP) is 1.85. The van der Waals surface area contributed by atoms with Crippen molar-refractivity contribution >= 4 is 5.91 Å². The Hall–Kier alpha value is -0.770. The molecule has 0 aromatic heterocycles. The summed E-state index contributed by atoms with van der Waals surface area (Å²) in [4.78, 5) is 20.4. The van der Waals surface area contributed by atoms with Gasteiger partial charge in [-0.15, -0.1) is 0 Å². The fourth-order valence-electron chi connectivity index (χ4n) is 8.12. The van der Waals surface area contributed by atoms with E-state index in [-0.39, 0.29) is 12.0 Å². The monoisotopic (exact) mass is 518 g/mol. The van der Waals surface area contributed by atoms with E-state index >= 15 is 0 Å². The molecule has 8 nitrogen and oxygen atoms in total. The Morgan fingerprint density at radius 3 is 2.49 bits per heavy atom. The van der Waals surface area contributed by atoms with E-state index in [0.717, 1.165) is 32.4 Å². The Balaban J connectivity index is 1.14. The van der Waals surface area contributed by atoms with Gasteiger partial charge in [0, 0.05) is 76.0 Å². The summed E-state index contributed by atoms with van der Waals surface area (Å²) in [6.07, 6.45) is 11.4. The number of carbonyl (C=O) groups is 1. The van der Waals surface area contributed by atoms with E-state index in [1.165, 1.54) is 64.7 Å². The van der Waals surface area contributed by atoms with E-state index in [1.54, 1.807) is 0 Å². The number of carbonyl (C=O) groups excluding carboxylic acids is 1. The third-order valence-corrected chi connectivity index (χ3v) is 10.3. The molecule has 3 saturated heterocycles. The van der Waals surface area contributed by atoms with E-state index < -0.39 is 0 Å². The zero-order valence-corrected chi connectivity index (χ0v) is 24.0. The van der Waals surface area contributed by atoms with Crippen LogP contribution in [0.15, 0.2) is 0 Å². The second kappa shape index (κ2) is 12.6. The van der Waals surface area contributed by atoms with Gasteiger partial charge in [-0.1, -0.05) is 20.3 Å². The summed E-state index contributed by atoms with van der Waals surface area (Å²) >= 11 is 0. The summed E-state index contributed by atoms with van der Waals surface area (Å²) in [6.45, 7) is 10.8. The van der Waals surface area contributed by atoms with Gasteiger partial charge in [0.1, 0.15) is 0 Å². The topological polar surface area (TPSA) is 72.1 Å². The molecule has 5 rings (SSSR count). The second-order valence-corrected chi connectivity index (χ2v) is 13.0. The standard InChI is InChI=1S/C29H54N6O2/c1-20(2)29(36)35-13-11-21-6-5-7-25(28(21)35)31-22-10-12-30-27(18-22)32-24-9-8-23(19-26(24)37-4)34-16-14-33(3)15-17-34/h20-28,30-32H,5-19H2,1-4H3. The Morgan fingerprint density at radius 1 is 0.919 bits per heavy atom. The molecule has 1 amide bonds. The van der Waals surface area contributed by atoms with Gasteiger partial charge >= 0.3 is 0 Å². The molecule has 5 fully saturated rings. The average molecular weight is 519 g/mol. The van der Waals surface area contributed by atoms with E-state index in [4.69, 9.17) is 4.74 Å². The van der Waals surface area contributed by atoms with Crippen molar-refractivity contribution in [3.8, 4) is 0 Å². The van der Waals surface area contributed by atoms with E-state index in [2.05, 4.69) is 51.5 Å². The summed E-state index contributed by atoms with van der Waals surface area (Å²) in [6, 6.07) is 2.42. The van der Waals surface area contributed by atoms with Gasteiger partial charge in [0.25, 0.3) is 0 Å². The number of ether oxygens (including phenoxy) is 1.